The van der Waals surface area contributed by atoms with Crippen LogP contribution in [-0.4, -0.2) is 28.6 Å². The molecule has 3 nitrogen and oxygen atoms in total. The fourth-order valence-corrected chi connectivity index (χ4v) is 3.84. The number of benzene rings is 1. The van der Waals surface area contributed by atoms with E-state index >= 15 is 0 Å². The first-order chi connectivity index (χ1) is 9.18. The number of hydrogen-bond donors (Lipinski definition) is 1. The van der Waals surface area contributed by atoms with E-state index in [1.54, 1.807) is 0 Å². The Morgan fingerprint density at radius 1 is 1.32 bits per heavy atom. The zero-order chi connectivity index (χ0) is 13.4. The van der Waals surface area contributed by atoms with Crippen LogP contribution in [0, 0.1) is 5.92 Å². The van der Waals surface area contributed by atoms with Gasteiger partial charge in [0.25, 0.3) is 0 Å². The monoisotopic (exact) mass is 259 g/mol. The molecule has 3 atom stereocenters. The van der Waals surface area contributed by atoms with Crippen molar-refractivity contribution >= 4 is 5.97 Å². The van der Waals surface area contributed by atoms with Crippen LogP contribution in [0.15, 0.2) is 24.3 Å². The van der Waals surface area contributed by atoms with Gasteiger partial charge in [-0.25, -0.2) is 0 Å². The number of fused-ring (bicyclic) bond motifs is 1. The second-order valence-electron chi connectivity index (χ2n) is 5.90. The quantitative estimate of drug-likeness (QED) is 0.888. The van der Waals surface area contributed by atoms with Crippen LogP contribution in [-0.2, 0) is 11.2 Å². The average Bonchev–Trinajstić information content (AvgIpc) is 2.83. The van der Waals surface area contributed by atoms with E-state index in [0.717, 1.165) is 24.9 Å². The van der Waals surface area contributed by atoms with Gasteiger partial charge < -0.3 is 5.11 Å². The standard InChI is InChI=1S/C16H21NO2/c1-11-5-4-8-14(11)17-10-9-12-6-2-3-7-13(12)15(17)16(18)19/h2-3,6-7,11,14-15H,4-5,8-10H2,1H3,(H,18,19). The van der Waals surface area contributed by atoms with Gasteiger partial charge in [0.05, 0.1) is 0 Å². The third-order valence-corrected chi connectivity index (χ3v) is 4.80. The molecule has 0 aromatic heterocycles. The summed E-state index contributed by atoms with van der Waals surface area (Å²) in [4.78, 5) is 14.0. The molecule has 102 valence electrons. The van der Waals surface area contributed by atoms with E-state index < -0.39 is 12.0 Å². The first kappa shape index (κ1) is 12.7. The van der Waals surface area contributed by atoms with E-state index in [1.807, 2.05) is 18.2 Å². The largest absolute Gasteiger partial charge is 0.480 e. The summed E-state index contributed by atoms with van der Waals surface area (Å²) in [6.07, 6.45) is 4.59. The van der Waals surface area contributed by atoms with E-state index in [9.17, 15) is 9.90 Å². The molecule has 2 aliphatic rings. The minimum absolute atomic E-state index is 0.439. The van der Waals surface area contributed by atoms with Gasteiger partial charge in [-0.3, -0.25) is 9.69 Å². The Kier molecular flexibility index (Phi) is 3.31. The molecule has 0 spiro atoms. The van der Waals surface area contributed by atoms with Crippen molar-refractivity contribution in [2.24, 2.45) is 5.92 Å². The van der Waals surface area contributed by atoms with Gasteiger partial charge in [-0.15, -0.1) is 0 Å². The van der Waals surface area contributed by atoms with Crippen LogP contribution in [0.2, 0.25) is 0 Å². The zero-order valence-corrected chi connectivity index (χ0v) is 11.4. The molecule has 3 heteroatoms. The Hall–Kier alpha value is -1.35. The van der Waals surface area contributed by atoms with Gasteiger partial charge in [0.2, 0.25) is 0 Å². The van der Waals surface area contributed by atoms with Crippen molar-refractivity contribution in [3.63, 3.8) is 0 Å². The molecule has 3 unspecified atom stereocenters. The fraction of sp³-hybridized carbons (Fsp3) is 0.562. The number of aliphatic carboxylic acids is 1. The van der Waals surface area contributed by atoms with Gasteiger partial charge in [-0.2, -0.15) is 0 Å². The highest BCUT2D eigenvalue weighted by atomic mass is 16.4. The Morgan fingerprint density at radius 2 is 2.11 bits per heavy atom. The average molecular weight is 259 g/mol. The Morgan fingerprint density at radius 3 is 2.79 bits per heavy atom. The third kappa shape index (κ3) is 2.16. The number of carboxylic acids is 1. The van der Waals surface area contributed by atoms with Crippen molar-refractivity contribution in [1.29, 1.82) is 0 Å². The highest BCUT2D eigenvalue weighted by molar-refractivity contribution is 5.76. The van der Waals surface area contributed by atoms with E-state index in [-0.39, 0.29) is 0 Å². The zero-order valence-electron chi connectivity index (χ0n) is 11.4. The van der Waals surface area contributed by atoms with Crippen LogP contribution >= 0.6 is 0 Å². The normalized spacial score (nSPS) is 31.1. The fourth-order valence-electron chi connectivity index (χ4n) is 3.84. The van der Waals surface area contributed by atoms with Crippen LogP contribution in [0.4, 0.5) is 0 Å². The molecule has 1 saturated carbocycles. The van der Waals surface area contributed by atoms with Crippen molar-refractivity contribution < 1.29 is 9.90 Å². The minimum atomic E-state index is -0.703. The summed E-state index contributed by atoms with van der Waals surface area (Å²) < 4.78 is 0. The lowest BCUT2D eigenvalue weighted by Gasteiger charge is -2.40. The lowest BCUT2D eigenvalue weighted by atomic mass is 9.89. The maximum absolute atomic E-state index is 11.7. The van der Waals surface area contributed by atoms with Crippen LogP contribution in [0.5, 0.6) is 0 Å². The summed E-state index contributed by atoms with van der Waals surface area (Å²) in [6.45, 7) is 3.14. The molecular weight excluding hydrogens is 238 g/mol. The number of carboxylic acid groups (broad SMARTS) is 1. The molecule has 1 aromatic rings. The first-order valence-electron chi connectivity index (χ1n) is 7.25. The van der Waals surface area contributed by atoms with Crippen molar-refractivity contribution in [3.05, 3.63) is 35.4 Å². The van der Waals surface area contributed by atoms with Gasteiger partial charge in [0.15, 0.2) is 0 Å². The number of carbonyl (C=O) groups is 1. The Balaban J connectivity index is 1.96. The summed E-state index contributed by atoms with van der Waals surface area (Å²) >= 11 is 0. The molecule has 1 aliphatic carbocycles. The van der Waals surface area contributed by atoms with Gasteiger partial charge in [0, 0.05) is 12.6 Å². The second kappa shape index (κ2) is 4.97. The number of rotatable bonds is 2. The highest BCUT2D eigenvalue weighted by Crippen LogP contribution is 2.38. The predicted octanol–water partition coefficient (Wildman–Crippen LogP) is 2.86. The lowest BCUT2D eigenvalue weighted by molar-refractivity contribution is -0.145. The van der Waals surface area contributed by atoms with Crippen molar-refractivity contribution in [3.8, 4) is 0 Å². The first-order valence-corrected chi connectivity index (χ1v) is 7.25. The Labute approximate surface area is 114 Å². The van der Waals surface area contributed by atoms with E-state index in [1.165, 1.54) is 18.4 Å². The minimum Gasteiger partial charge on any atom is -0.480 e. The smallest absolute Gasteiger partial charge is 0.325 e. The number of hydrogen-bond acceptors (Lipinski definition) is 2. The van der Waals surface area contributed by atoms with Crippen molar-refractivity contribution in [1.82, 2.24) is 4.90 Å². The molecule has 1 heterocycles. The van der Waals surface area contributed by atoms with Crippen LogP contribution in [0.1, 0.15) is 43.4 Å². The van der Waals surface area contributed by atoms with E-state index in [4.69, 9.17) is 0 Å². The summed E-state index contributed by atoms with van der Waals surface area (Å²) in [5, 5.41) is 9.66. The molecular formula is C16H21NO2. The molecule has 1 N–H and O–H groups in total. The van der Waals surface area contributed by atoms with Gasteiger partial charge in [-0.1, -0.05) is 37.6 Å². The second-order valence-corrected chi connectivity index (χ2v) is 5.90. The number of nitrogens with zero attached hydrogens (tertiary/aromatic N) is 1. The van der Waals surface area contributed by atoms with Gasteiger partial charge in [-0.05, 0) is 36.3 Å². The van der Waals surface area contributed by atoms with Crippen LogP contribution < -0.4 is 0 Å². The molecule has 0 radical (unpaired) electrons. The van der Waals surface area contributed by atoms with E-state index in [0.29, 0.717) is 12.0 Å². The molecule has 0 amide bonds. The molecule has 19 heavy (non-hydrogen) atoms. The maximum atomic E-state index is 11.7. The summed E-state index contributed by atoms with van der Waals surface area (Å²) in [7, 11) is 0. The summed E-state index contributed by atoms with van der Waals surface area (Å²) in [6, 6.07) is 8.01. The lowest BCUT2D eigenvalue weighted by Crippen LogP contribution is -2.46. The SMILES string of the molecule is CC1CCCC1N1CCc2ccccc2C1C(=O)O. The van der Waals surface area contributed by atoms with Crippen LogP contribution in [0.3, 0.4) is 0 Å². The molecule has 1 aromatic carbocycles. The van der Waals surface area contributed by atoms with Crippen molar-refractivity contribution in [2.45, 2.75) is 44.7 Å². The maximum Gasteiger partial charge on any atom is 0.325 e. The Bertz CT molecular complexity index is 485. The molecule has 3 rings (SSSR count). The summed E-state index contributed by atoms with van der Waals surface area (Å²) in [5.41, 5.74) is 2.21. The topological polar surface area (TPSA) is 40.5 Å². The van der Waals surface area contributed by atoms with Crippen LogP contribution in [0.25, 0.3) is 0 Å². The predicted molar refractivity (Wildman–Crippen MR) is 74.0 cm³/mol. The molecule has 0 bridgehead atoms. The van der Waals surface area contributed by atoms with Gasteiger partial charge in [0.1, 0.15) is 6.04 Å². The van der Waals surface area contributed by atoms with Crippen molar-refractivity contribution in [2.75, 3.05) is 6.54 Å². The van der Waals surface area contributed by atoms with E-state index in [2.05, 4.69) is 17.9 Å². The summed E-state index contributed by atoms with van der Waals surface area (Å²) in [5.74, 6) is -0.0848. The highest BCUT2D eigenvalue weighted by Gasteiger charge is 2.39. The molecule has 1 fully saturated rings. The molecule has 1 aliphatic heterocycles. The third-order valence-electron chi connectivity index (χ3n) is 4.80. The molecule has 0 saturated heterocycles. The van der Waals surface area contributed by atoms with Gasteiger partial charge >= 0.3 is 5.97 Å².